The Morgan fingerprint density at radius 1 is 1.15 bits per heavy atom. The molecule has 7 N–H and O–H groups in total. The second kappa shape index (κ2) is 3.51. The topological polar surface area (TPSA) is 113 Å². The van der Waals surface area contributed by atoms with Gasteiger partial charge < -0.3 is 26.8 Å². The third kappa shape index (κ3) is 1.66. The molecule has 5 nitrogen and oxygen atoms in total. The molecular weight excluding hydrogens is 172 g/mol. The number of nitrogens with two attached hydrogens (primary N) is 2. The highest BCUT2D eigenvalue weighted by molar-refractivity contribution is 5.54. The van der Waals surface area contributed by atoms with Gasteiger partial charge in [-0.25, -0.2) is 0 Å². The van der Waals surface area contributed by atoms with Crippen LogP contribution < -0.4 is 11.5 Å². The van der Waals surface area contributed by atoms with E-state index in [4.69, 9.17) is 21.7 Å². The van der Waals surface area contributed by atoms with Gasteiger partial charge in [0.1, 0.15) is 0 Å². The second-order valence-electron chi connectivity index (χ2n) is 2.71. The highest BCUT2D eigenvalue weighted by Crippen LogP contribution is 2.38. The lowest BCUT2D eigenvalue weighted by Crippen LogP contribution is -2.20. The second-order valence-corrected chi connectivity index (χ2v) is 2.71. The maximum absolute atomic E-state index is 9.33. The van der Waals surface area contributed by atoms with Gasteiger partial charge in [-0.3, -0.25) is 0 Å². The molecule has 1 atom stereocenters. The third-order valence-corrected chi connectivity index (χ3v) is 1.81. The molecule has 0 radical (unpaired) electrons. The van der Waals surface area contributed by atoms with Crippen LogP contribution in [0.4, 0.5) is 0 Å². The average Bonchev–Trinajstić information content (AvgIpc) is 2.13. The van der Waals surface area contributed by atoms with E-state index in [1.807, 2.05) is 0 Å². The van der Waals surface area contributed by atoms with Crippen molar-refractivity contribution >= 4 is 0 Å². The van der Waals surface area contributed by atoms with Crippen LogP contribution in [0.3, 0.4) is 0 Å². The Morgan fingerprint density at radius 2 is 1.77 bits per heavy atom. The van der Waals surface area contributed by atoms with Gasteiger partial charge in [-0.15, -0.1) is 0 Å². The SMILES string of the molecule is NC[C@H](N)c1ccc(O)c(O)c1O. The number of benzene rings is 1. The molecule has 1 rings (SSSR count). The van der Waals surface area contributed by atoms with Crippen LogP contribution in [-0.2, 0) is 0 Å². The quantitative estimate of drug-likeness (QED) is 0.407. The van der Waals surface area contributed by atoms with Crippen molar-refractivity contribution in [2.24, 2.45) is 11.5 Å². The van der Waals surface area contributed by atoms with Gasteiger partial charge in [-0.1, -0.05) is 0 Å². The van der Waals surface area contributed by atoms with Gasteiger partial charge in [0.05, 0.1) is 0 Å². The molecule has 0 bridgehead atoms. The van der Waals surface area contributed by atoms with E-state index >= 15 is 0 Å². The molecule has 0 fully saturated rings. The summed E-state index contributed by atoms with van der Waals surface area (Å²) in [5.41, 5.74) is 11.1. The summed E-state index contributed by atoms with van der Waals surface area (Å²) in [4.78, 5) is 0. The summed E-state index contributed by atoms with van der Waals surface area (Å²) in [6.45, 7) is 0.151. The van der Waals surface area contributed by atoms with Crippen LogP contribution >= 0.6 is 0 Å². The van der Waals surface area contributed by atoms with Gasteiger partial charge in [0, 0.05) is 18.2 Å². The first kappa shape index (κ1) is 9.63. The fourth-order valence-electron chi connectivity index (χ4n) is 1.01. The van der Waals surface area contributed by atoms with Gasteiger partial charge in [0.15, 0.2) is 11.5 Å². The van der Waals surface area contributed by atoms with Crippen LogP contribution in [0.2, 0.25) is 0 Å². The summed E-state index contributed by atoms with van der Waals surface area (Å²) in [5.74, 6) is -1.37. The van der Waals surface area contributed by atoms with Crippen molar-refractivity contribution in [1.82, 2.24) is 0 Å². The minimum atomic E-state index is -0.568. The monoisotopic (exact) mass is 184 g/mol. The smallest absolute Gasteiger partial charge is 0.200 e. The van der Waals surface area contributed by atoms with Crippen molar-refractivity contribution in [3.8, 4) is 17.2 Å². The molecule has 1 aromatic rings. The highest BCUT2D eigenvalue weighted by atomic mass is 16.3. The molecule has 0 heterocycles. The molecule has 0 amide bonds. The molecule has 5 heteroatoms. The normalized spacial score (nSPS) is 12.8. The van der Waals surface area contributed by atoms with Gasteiger partial charge in [0.25, 0.3) is 0 Å². The molecule has 1 aromatic carbocycles. The Kier molecular flexibility index (Phi) is 2.60. The van der Waals surface area contributed by atoms with Crippen molar-refractivity contribution < 1.29 is 15.3 Å². The summed E-state index contributed by atoms with van der Waals surface area (Å²) >= 11 is 0. The van der Waals surface area contributed by atoms with Crippen molar-refractivity contribution in [3.05, 3.63) is 17.7 Å². The number of hydrogen-bond acceptors (Lipinski definition) is 5. The van der Waals surface area contributed by atoms with E-state index in [0.717, 1.165) is 0 Å². The zero-order chi connectivity index (χ0) is 10.0. The van der Waals surface area contributed by atoms with Gasteiger partial charge in [-0.2, -0.15) is 0 Å². The zero-order valence-electron chi connectivity index (χ0n) is 6.94. The summed E-state index contributed by atoms with van der Waals surface area (Å²) in [6.07, 6.45) is 0. The Labute approximate surface area is 75.2 Å². The number of aromatic hydroxyl groups is 3. The Morgan fingerprint density at radius 3 is 2.31 bits per heavy atom. The number of rotatable bonds is 2. The summed E-state index contributed by atoms with van der Waals surface area (Å²) in [6, 6.07) is 2.12. The number of hydrogen-bond donors (Lipinski definition) is 5. The minimum absolute atomic E-state index is 0.151. The number of phenols is 3. The van der Waals surface area contributed by atoms with Crippen molar-refractivity contribution in [3.63, 3.8) is 0 Å². The molecule has 0 unspecified atom stereocenters. The summed E-state index contributed by atoms with van der Waals surface area (Å²) < 4.78 is 0. The minimum Gasteiger partial charge on any atom is -0.504 e. The first-order chi connectivity index (χ1) is 6.07. The maximum Gasteiger partial charge on any atom is 0.200 e. The van der Waals surface area contributed by atoms with E-state index in [-0.39, 0.29) is 12.3 Å². The van der Waals surface area contributed by atoms with Crippen LogP contribution in [0.25, 0.3) is 0 Å². The number of phenolic OH excluding ortho intramolecular Hbond substituents is 3. The van der Waals surface area contributed by atoms with E-state index in [1.54, 1.807) is 0 Å². The molecule has 13 heavy (non-hydrogen) atoms. The van der Waals surface area contributed by atoms with Gasteiger partial charge in [-0.05, 0) is 12.1 Å². The lowest BCUT2D eigenvalue weighted by molar-refractivity contribution is 0.363. The molecule has 0 aliphatic heterocycles. The predicted molar refractivity (Wildman–Crippen MR) is 47.4 cm³/mol. The fraction of sp³-hybridized carbons (Fsp3) is 0.250. The zero-order valence-corrected chi connectivity index (χ0v) is 6.94. The standard InChI is InChI=1S/C8H12N2O3/c9-3-5(10)4-1-2-6(11)8(13)7(4)12/h1-2,5,11-13H,3,9-10H2/t5-/m0/s1. The largest absolute Gasteiger partial charge is 0.504 e. The molecule has 0 saturated heterocycles. The molecule has 0 saturated carbocycles. The summed E-state index contributed by atoms with van der Waals surface area (Å²) in [5, 5.41) is 27.5. The Balaban J connectivity index is 3.18. The van der Waals surface area contributed by atoms with Gasteiger partial charge in [0.2, 0.25) is 5.75 Å². The van der Waals surface area contributed by atoms with Crippen LogP contribution in [0.15, 0.2) is 12.1 Å². The molecule has 0 aromatic heterocycles. The lowest BCUT2D eigenvalue weighted by atomic mass is 10.1. The Bertz CT molecular complexity index is 315. The molecule has 0 aliphatic carbocycles. The van der Waals surface area contributed by atoms with Crippen LogP contribution in [0.1, 0.15) is 11.6 Å². The third-order valence-electron chi connectivity index (χ3n) is 1.81. The molecular formula is C8H12N2O3. The van der Waals surface area contributed by atoms with E-state index in [9.17, 15) is 5.11 Å². The first-order valence-electron chi connectivity index (χ1n) is 3.77. The fourth-order valence-corrected chi connectivity index (χ4v) is 1.01. The molecule has 0 aliphatic rings. The predicted octanol–water partition coefficient (Wildman–Crippen LogP) is -0.238. The van der Waals surface area contributed by atoms with Crippen molar-refractivity contribution in [1.29, 1.82) is 0 Å². The van der Waals surface area contributed by atoms with E-state index < -0.39 is 17.5 Å². The highest BCUT2D eigenvalue weighted by Gasteiger charge is 2.14. The van der Waals surface area contributed by atoms with Crippen molar-refractivity contribution in [2.75, 3.05) is 6.54 Å². The van der Waals surface area contributed by atoms with Crippen LogP contribution in [0, 0.1) is 0 Å². The maximum atomic E-state index is 9.33. The van der Waals surface area contributed by atoms with Gasteiger partial charge >= 0.3 is 0 Å². The average molecular weight is 184 g/mol. The summed E-state index contributed by atoms with van der Waals surface area (Å²) in [7, 11) is 0. The lowest BCUT2D eigenvalue weighted by Gasteiger charge is -2.12. The van der Waals surface area contributed by atoms with E-state index in [2.05, 4.69) is 0 Å². The molecule has 0 spiro atoms. The van der Waals surface area contributed by atoms with Crippen LogP contribution in [0.5, 0.6) is 17.2 Å². The Hall–Kier alpha value is -1.46. The molecule has 72 valence electrons. The van der Waals surface area contributed by atoms with E-state index in [1.165, 1.54) is 12.1 Å². The first-order valence-corrected chi connectivity index (χ1v) is 3.77. The van der Waals surface area contributed by atoms with Crippen molar-refractivity contribution in [2.45, 2.75) is 6.04 Å². The van der Waals surface area contributed by atoms with Crippen LogP contribution in [-0.4, -0.2) is 21.9 Å². The van der Waals surface area contributed by atoms with E-state index in [0.29, 0.717) is 5.56 Å².